The molecular weight excluding hydrogens is 309 g/mol. The Morgan fingerprint density at radius 3 is 2.74 bits per heavy atom. The zero-order valence-electron chi connectivity index (χ0n) is 11.1. The molecule has 1 aliphatic carbocycles. The molecule has 0 spiro atoms. The maximum absolute atomic E-state index is 13.8. The Balaban J connectivity index is 1.89. The predicted octanol–water partition coefficient (Wildman–Crippen LogP) is 3.82. The molecule has 1 fully saturated rings. The molecule has 1 N–H and O–H groups in total. The first-order valence-corrected chi connectivity index (χ1v) is 7.67. The number of amides is 1. The molecule has 1 aliphatic rings. The van der Waals surface area contributed by atoms with Crippen LogP contribution in [-0.4, -0.2) is 17.3 Å². The molecule has 0 aliphatic heterocycles. The highest BCUT2D eigenvalue weighted by atomic mass is 79.9. The van der Waals surface area contributed by atoms with Crippen LogP contribution in [0, 0.1) is 18.7 Å². The number of carbonyl (C=O) groups is 1. The van der Waals surface area contributed by atoms with Gasteiger partial charge in [0.15, 0.2) is 0 Å². The topological polar surface area (TPSA) is 29.1 Å². The van der Waals surface area contributed by atoms with Crippen LogP contribution in [-0.2, 0) is 0 Å². The van der Waals surface area contributed by atoms with Crippen LogP contribution in [0.5, 0.6) is 0 Å². The van der Waals surface area contributed by atoms with Crippen molar-refractivity contribution >= 4 is 21.8 Å². The fourth-order valence-corrected chi connectivity index (χ4v) is 3.01. The number of halogens is 2. The molecule has 0 atom stereocenters. The molecule has 0 unspecified atom stereocenters. The van der Waals surface area contributed by atoms with E-state index in [2.05, 4.69) is 21.2 Å². The van der Waals surface area contributed by atoms with Gasteiger partial charge in [0.25, 0.3) is 5.91 Å². The second kappa shape index (κ2) is 6.51. The Morgan fingerprint density at radius 2 is 2.05 bits per heavy atom. The Labute approximate surface area is 121 Å². The summed E-state index contributed by atoms with van der Waals surface area (Å²) in [4.78, 5) is 12.6. The highest BCUT2D eigenvalue weighted by Crippen LogP contribution is 2.28. The van der Waals surface area contributed by atoms with E-state index < -0.39 is 5.82 Å². The average Bonchev–Trinajstić information content (AvgIpc) is 2.41. The van der Waals surface area contributed by atoms with Crippen molar-refractivity contribution in [1.29, 1.82) is 0 Å². The fourth-order valence-electron chi connectivity index (χ4n) is 2.48. The van der Waals surface area contributed by atoms with Crippen molar-refractivity contribution in [3.05, 3.63) is 35.1 Å². The van der Waals surface area contributed by atoms with Crippen molar-refractivity contribution in [2.45, 2.75) is 37.4 Å². The van der Waals surface area contributed by atoms with Gasteiger partial charge < -0.3 is 5.32 Å². The van der Waals surface area contributed by atoms with E-state index >= 15 is 0 Å². The van der Waals surface area contributed by atoms with Crippen LogP contribution in [0.25, 0.3) is 0 Å². The second-order valence-corrected chi connectivity index (χ2v) is 6.56. The lowest BCUT2D eigenvalue weighted by Gasteiger charge is -2.25. The lowest BCUT2D eigenvalue weighted by atomic mass is 9.89. The van der Waals surface area contributed by atoms with Crippen LogP contribution in [0.2, 0.25) is 0 Å². The molecule has 1 saturated carbocycles. The molecule has 0 saturated heterocycles. The molecular formula is C15H19BrFNO. The minimum atomic E-state index is -0.413. The van der Waals surface area contributed by atoms with Gasteiger partial charge in [-0.15, -0.1) is 0 Å². The van der Waals surface area contributed by atoms with Crippen molar-refractivity contribution in [1.82, 2.24) is 5.32 Å². The summed E-state index contributed by atoms with van der Waals surface area (Å²) in [5.41, 5.74) is 0.654. The molecule has 0 bridgehead atoms. The smallest absolute Gasteiger partial charge is 0.254 e. The largest absolute Gasteiger partial charge is 0.352 e. The summed E-state index contributed by atoms with van der Waals surface area (Å²) in [6.07, 6.45) is 4.54. The summed E-state index contributed by atoms with van der Waals surface area (Å²) < 4.78 is 13.8. The van der Waals surface area contributed by atoms with Crippen LogP contribution in [0.3, 0.4) is 0 Å². The molecule has 1 aromatic rings. The average molecular weight is 328 g/mol. The van der Waals surface area contributed by atoms with Crippen LogP contribution >= 0.6 is 15.9 Å². The summed E-state index contributed by atoms with van der Waals surface area (Å²) in [7, 11) is 0. The number of nitrogens with one attached hydrogen (secondary N) is 1. The van der Waals surface area contributed by atoms with Crippen molar-refractivity contribution in [3.8, 4) is 0 Å². The minimum absolute atomic E-state index is 0.147. The third-order valence-corrected chi connectivity index (χ3v) is 4.68. The first-order chi connectivity index (χ1) is 9.08. The van der Waals surface area contributed by atoms with Crippen LogP contribution in [0.4, 0.5) is 4.39 Å². The summed E-state index contributed by atoms with van der Waals surface area (Å²) in [5, 5.41) is 2.86. The first-order valence-electron chi connectivity index (χ1n) is 6.75. The lowest BCUT2D eigenvalue weighted by molar-refractivity contribution is 0.0939. The van der Waals surface area contributed by atoms with Crippen molar-refractivity contribution in [3.63, 3.8) is 0 Å². The monoisotopic (exact) mass is 327 g/mol. The minimum Gasteiger partial charge on any atom is -0.352 e. The number of alkyl halides is 1. The van der Waals surface area contributed by atoms with Crippen molar-refractivity contribution in [2.75, 3.05) is 6.54 Å². The van der Waals surface area contributed by atoms with Gasteiger partial charge in [-0.05, 0) is 50.2 Å². The van der Waals surface area contributed by atoms with Gasteiger partial charge in [-0.1, -0.05) is 28.1 Å². The Kier molecular flexibility index (Phi) is 4.97. The first kappa shape index (κ1) is 14.5. The quantitative estimate of drug-likeness (QED) is 0.840. The van der Waals surface area contributed by atoms with Gasteiger partial charge in [0, 0.05) is 11.4 Å². The van der Waals surface area contributed by atoms with Gasteiger partial charge in [0.1, 0.15) is 5.82 Å². The summed E-state index contributed by atoms with van der Waals surface area (Å²) in [6, 6.07) is 4.92. The van der Waals surface area contributed by atoms with Crippen LogP contribution < -0.4 is 5.32 Å². The Bertz CT molecular complexity index is 455. The number of rotatable bonds is 3. The summed E-state index contributed by atoms with van der Waals surface area (Å²) in [6.45, 7) is 2.31. The summed E-state index contributed by atoms with van der Waals surface area (Å²) >= 11 is 3.61. The van der Waals surface area contributed by atoms with E-state index in [0.29, 0.717) is 22.9 Å². The molecule has 2 nitrogen and oxygen atoms in total. The van der Waals surface area contributed by atoms with Gasteiger partial charge >= 0.3 is 0 Å². The highest BCUT2D eigenvalue weighted by molar-refractivity contribution is 9.09. The van der Waals surface area contributed by atoms with Crippen LogP contribution in [0.1, 0.15) is 41.6 Å². The van der Waals surface area contributed by atoms with Gasteiger partial charge in [-0.3, -0.25) is 4.79 Å². The van der Waals surface area contributed by atoms with Gasteiger partial charge in [-0.25, -0.2) is 4.39 Å². The Hall–Kier alpha value is -0.900. The molecule has 19 heavy (non-hydrogen) atoms. The van der Waals surface area contributed by atoms with E-state index in [1.807, 2.05) is 0 Å². The zero-order chi connectivity index (χ0) is 13.8. The van der Waals surface area contributed by atoms with E-state index in [-0.39, 0.29) is 11.5 Å². The number of hydrogen-bond acceptors (Lipinski definition) is 1. The third kappa shape index (κ3) is 3.78. The Morgan fingerprint density at radius 1 is 1.37 bits per heavy atom. The summed E-state index contributed by atoms with van der Waals surface area (Å²) in [5.74, 6) is -0.197. The molecule has 0 aromatic heterocycles. The maximum atomic E-state index is 13.8. The van der Waals surface area contributed by atoms with E-state index in [1.54, 1.807) is 19.1 Å². The molecule has 1 aromatic carbocycles. The molecule has 1 amide bonds. The number of aryl methyl sites for hydroxylation is 1. The molecule has 2 rings (SSSR count). The number of benzene rings is 1. The van der Waals surface area contributed by atoms with Crippen molar-refractivity contribution < 1.29 is 9.18 Å². The van der Waals surface area contributed by atoms with E-state index in [4.69, 9.17) is 0 Å². The van der Waals surface area contributed by atoms with E-state index in [9.17, 15) is 9.18 Å². The second-order valence-electron chi connectivity index (χ2n) is 5.26. The molecule has 0 heterocycles. The number of hydrogen-bond donors (Lipinski definition) is 1. The third-order valence-electron chi connectivity index (χ3n) is 3.76. The predicted molar refractivity (Wildman–Crippen MR) is 78.1 cm³/mol. The maximum Gasteiger partial charge on any atom is 0.254 e. The normalized spacial score (nSPS) is 23.1. The number of carbonyl (C=O) groups excluding carboxylic acids is 1. The molecule has 4 heteroatoms. The van der Waals surface area contributed by atoms with Gasteiger partial charge in [0.2, 0.25) is 0 Å². The fraction of sp³-hybridized carbons (Fsp3) is 0.533. The zero-order valence-corrected chi connectivity index (χ0v) is 12.7. The molecule has 0 radical (unpaired) electrons. The van der Waals surface area contributed by atoms with Crippen molar-refractivity contribution in [2.24, 2.45) is 5.92 Å². The standard InChI is InChI=1S/C15H19BrFNO/c1-10-3-2-4-13(14(10)17)15(19)18-9-11-5-7-12(16)8-6-11/h2-4,11-12H,5-9H2,1H3,(H,18,19). The lowest BCUT2D eigenvalue weighted by Crippen LogP contribution is -2.32. The van der Waals surface area contributed by atoms with E-state index in [0.717, 1.165) is 25.7 Å². The SMILES string of the molecule is Cc1cccc(C(=O)NCC2CCC(Br)CC2)c1F. The molecule has 104 valence electrons. The van der Waals surface area contributed by atoms with Crippen LogP contribution in [0.15, 0.2) is 18.2 Å². The van der Waals surface area contributed by atoms with Gasteiger partial charge in [0.05, 0.1) is 5.56 Å². The highest BCUT2D eigenvalue weighted by Gasteiger charge is 2.20. The van der Waals surface area contributed by atoms with Gasteiger partial charge in [-0.2, -0.15) is 0 Å². The van der Waals surface area contributed by atoms with E-state index in [1.165, 1.54) is 6.07 Å².